The number of hydrogen-bond acceptors (Lipinski definition) is 5. The lowest BCUT2D eigenvalue weighted by Gasteiger charge is -2.33. The zero-order valence-electron chi connectivity index (χ0n) is 16.6. The molecule has 28 heavy (non-hydrogen) atoms. The largest absolute Gasteiger partial charge is 0.354 e. The molecule has 1 fully saturated rings. The van der Waals surface area contributed by atoms with E-state index in [-0.39, 0.29) is 11.8 Å². The molecule has 1 aliphatic heterocycles. The second-order valence-electron chi connectivity index (χ2n) is 7.25. The van der Waals surface area contributed by atoms with Crippen LogP contribution in [0, 0.1) is 6.92 Å². The number of rotatable bonds is 5. The van der Waals surface area contributed by atoms with Crippen LogP contribution in [0.5, 0.6) is 0 Å². The molecule has 2 N–H and O–H groups in total. The first kappa shape index (κ1) is 19.8. The number of likely N-dealkylation sites (N-methyl/N-ethyl adjacent to an activating group) is 1. The highest BCUT2D eigenvalue weighted by Gasteiger charge is 2.18. The van der Waals surface area contributed by atoms with Gasteiger partial charge in [0, 0.05) is 31.7 Å². The Bertz CT molecular complexity index is 829. The van der Waals surface area contributed by atoms with Crippen molar-refractivity contribution in [2.24, 2.45) is 0 Å². The van der Waals surface area contributed by atoms with Crippen LogP contribution >= 0.6 is 0 Å². The summed E-state index contributed by atoms with van der Waals surface area (Å²) >= 11 is 0. The Morgan fingerprint density at radius 1 is 1.11 bits per heavy atom. The Morgan fingerprint density at radius 2 is 1.86 bits per heavy atom. The summed E-state index contributed by atoms with van der Waals surface area (Å²) in [6.07, 6.45) is 1.65. The highest BCUT2D eigenvalue weighted by atomic mass is 16.2. The van der Waals surface area contributed by atoms with Crippen LogP contribution in [0.4, 0.5) is 11.5 Å². The summed E-state index contributed by atoms with van der Waals surface area (Å²) in [5.74, 6) is 0.358. The van der Waals surface area contributed by atoms with Crippen molar-refractivity contribution in [1.82, 2.24) is 15.2 Å². The number of pyridine rings is 1. The fourth-order valence-corrected chi connectivity index (χ4v) is 3.06. The molecule has 0 saturated carbocycles. The number of carbonyl (C=O) groups excluding carboxylic acids is 2. The van der Waals surface area contributed by atoms with Crippen LogP contribution < -0.4 is 15.5 Å². The van der Waals surface area contributed by atoms with Crippen LogP contribution in [0.2, 0.25) is 0 Å². The molecule has 148 valence electrons. The molecule has 7 heteroatoms. The Morgan fingerprint density at radius 3 is 2.50 bits per heavy atom. The van der Waals surface area contributed by atoms with Crippen LogP contribution in [0.25, 0.3) is 0 Å². The highest BCUT2D eigenvalue weighted by molar-refractivity contribution is 6.01. The van der Waals surface area contributed by atoms with Gasteiger partial charge in [0.15, 0.2) is 0 Å². The molecule has 3 rings (SSSR count). The average molecular weight is 381 g/mol. The molecule has 1 aromatic carbocycles. The van der Waals surface area contributed by atoms with Crippen molar-refractivity contribution < 1.29 is 9.59 Å². The molecule has 0 unspecified atom stereocenters. The highest BCUT2D eigenvalue weighted by Crippen LogP contribution is 2.16. The first-order valence-corrected chi connectivity index (χ1v) is 9.50. The van der Waals surface area contributed by atoms with Gasteiger partial charge in [-0.25, -0.2) is 4.98 Å². The Labute approximate surface area is 165 Å². The molecule has 2 aromatic rings. The second-order valence-corrected chi connectivity index (χ2v) is 7.25. The van der Waals surface area contributed by atoms with E-state index < -0.39 is 6.04 Å². The third-order valence-corrected chi connectivity index (χ3v) is 4.86. The SMILES string of the molecule is Cc1cccc(C(=O)N[C@@H](C)C(=O)Nc2ccc(N3CCN(C)CC3)nc2)c1. The molecule has 1 aromatic heterocycles. The van der Waals surface area contributed by atoms with E-state index in [1.165, 1.54) is 0 Å². The van der Waals surface area contributed by atoms with Gasteiger partial charge in [-0.05, 0) is 45.2 Å². The fraction of sp³-hybridized carbons (Fsp3) is 0.381. The third kappa shape index (κ3) is 5.07. The van der Waals surface area contributed by atoms with Crippen molar-refractivity contribution in [2.75, 3.05) is 43.4 Å². The van der Waals surface area contributed by atoms with E-state index in [1.54, 1.807) is 25.3 Å². The van der Waals surface area contributed by atoms with Gasteiger partial charge in [-0.3, -0.25) is 9.59 Å². The van der Waals surface area contributed by atoms with Gasteiger partial charge in [-0.2, -0.15) is 0 Å². The van der Waals surface area contributed by atoms with E-state index >= 15 is 0 Å². The number of anilines is 2. The topological polar surface area (TPSA) is 77.6 Å². The van der Waals surface area contributed by atoms with E-state index in [0.29, 0.717) is 11.3 Å². The summed E-state index contributed by atoms with van der Waals surface area (Å²) in [6.45, 7) is 7.49. The predicted octanol–water partition coefficient (Wildman–Crippen LogP) is 1.90. The minimum Gasteiger partial charge on any atom is -0.354 e. The molecule has 0 spiro atoms. The minimum absolute atomic E-state index is 0.269. The van der Waals surface area contributed by atoms with Gasteiger partial charge in [-0.1, -0.05) is 17.7 Å². The van der Waals surface area contributed by atoms with Gasteiger partial charge in [0.25, 0.3) is 5.91 Å². The lowest BCUT2D eigenvalue weighted by atomic mass is 10.1. The van der Waals surface area contributed by atoms with Gasteiger partial charge in [0.05, 0.1) is 11.9 Å². The zero-order valence-corrected chi connectivity index (χ0v) is 16.6. The molecular weight excluding hydrogens is 354 g/mol. The predicted molar refractivity (Wildman–Crippen MR) is 111 cm³/mol. The maximum atomic E-state index is 12.4. The van der Waals surface area contributed by atoms with Crippen molar-refractivity contribution in [3.8, 4) is 0 Å². The minimum atomic E-state index is -0.662. The Kier molecular flexibility index (Phi) is 6.26. The number of piperazine rings is 1. The van der Waals surface area contributed by atoms with E-state index in [1.807, 2.05) is 31.2 Å². The molecule has 0 aliphatic carbocycles. The summed E-state index contributed by atoms with van der Waals surface area (Å²) in [7, 11) is 2.11. The standard InChI is InChI=1S/C21H27N5O2/c1-15-5-4-6-17(13-15)21(28)23-16(2)20(27)24-18-7-8-19(22-14-18)26-11-9-25(3)10-12-26/h4-8,13-14,16H,9-12H2,1-3H3,(H,23,28)(H,24,27)/t16-/m0/s1. The zero-order chi connectivity index (χ0) is 20.1. The summed E-state index contributed by atoms with van der Waals surface area (Å²) in [5, 5.41) is 5.53. The molecule has 1 atom stereocenters. The van der Waals surface area contributed by atoms with E-state index in [9.17, 15) is 9.59 Å². The molecule has 7 nitrogen and oxygen atoms in total. The van der Waals surface area contributed by atoms with E-state index in [4.69, 9.17) is 0 Å². The van der Waals surface area contributed by atoms with Gasteiger partial charge >= 0.3 is 0 Å². The number of carbonyl (C=O) groups is 2. The van der Waals surface area contributed by atoms with Crippen LogP contribution in [0.15, 0.2) is 42.6 Å². The smallest absolute Gasteiger partial charge is 0.251 e. The van der Waals surface area contributed by atoms with Gasteiger partial charge in [0.2, 0.25) is 5.91 Å². The van der Waals surface area contributed by atoms with Crippen molar-refractivity contribution in [2.45, 2.75) is 19.9 Å². The van der Waals surface area contributed by atoms with E-state index in [2.05, 4.69) is 32.5 Å². The van der Waals surface area contributed by atoms with E-state index in [0.717, 1.165) is 37.6 Å². The molecule has 1 saturated heterocycles. The van der Waals surface area contributed by atoms with Gasteiger partial charge < -0.3 is 20.4 Å². The maximum absolute atomic E-state index is 12.4. The molecule has 1 aliphatic rings. The monoisotopic (exact) mass is 381 g/mol. The summed E-state index contributed by atoms with van der Waals surface area (Å²) in [6, 6.07) is 10.4. The first-order chi connectivity index (χ1) is 13.4. The lowest BCUT2D eigenvalue weighted by molar-refractivity contribution is -0.117. The molecule has 2 amide bonds. The normalized spacial score (nSPS) is 15.8. The van der Waals surface area contributed by atoms with Crippen molar-refractivity contribution in [1.29, 1.82) is 0 Å². The number of benzene rings is 1. The Balaban J connectivity index is 1.54. The van der Waals surface area contributed by atoms with Crippen molar-refractivity contribution >= 4 is 23.3 Å². The number of amides is 2. The number of aromatic nitrogens is 1. The number of nitrogens with one attached hydrogen (secondary N) is 2. The van der Waals surface area contributed by atoms with Crippen LogP contribution in [-0.4, -0.2) is 61.0 Å². The van der Waals surface area contributed by atoms with Gasteiger partial charge in [-0.15, -0.1) is 0 Å². The number of hydrogen-bond donors (Lipinski definition) is 2. The number of nitrogens with zero attached hydrogens (tertiary/aromatic N) is 3. The van der Waals surface area contributed by atoms with Gasteiger partial charge in [0.1, 0.15) is 11.9 Å². The maximum Gasteiger partial charge on any atom is 0.251 e. The fourth-order valence-electron chi connectivity index (χ4n) is 3.06. The second kappa shape index (κ2) is 8.84. The molecule has 0 bridgehead atoms. The van der Waals surface area contributed by atoms with Crippen LogP contribution in [0.1, 0.15) is 22.8 Å². The Hall–Kier alpha value is -2.93. The third-order valence-electron chi connectivity index (χ3n) is 4.86. The average Bonchev–Trinajstić information content (AvgIpc) is 2.69. The first-order valence-electron chi connectivity index (χ1n) is 9.50. The molecule has 2 heterocycles. The van der Waals surface area contributed by atoms with Crippen molar-refractivity contribution in [3.63, 3.8) is 0 Å². The van der Waals surface area contributed by atoms with Crippen LogP contribution in [-0.2, 0) is 4.79 Å². The lowest BCUT2D eigenvalue weighted by Crippen LogP contribution is -2.44. The summed E-state index contributed by atoms with van der Waals surface area (Å²) in [5.41, 5.74) is 2.15. The quantitative estimate of drug-likeness (QED) is 0.827. The van der Waals surface area contributed by atoms with Crippen molar-refractivity contribution in [3.05, 3.63) is 53.7 Å². The molecule has 0 radical (unpaired) electrons. The summed E-state index contributed by atoms with van der Waals surface area (Å²) < 4.78 is 0. The summed E-state index contributed by atoms with van der Waals surface area (Å²) in [4.78, 5) is 33.7. The van der Waals surface area contributed by atoms with Crippen LogP contribution in [0.3, 0.4) is 0 Å². The molecular formula is C21H27N5O2. The number of aryl methyl sites for hydroxylation is 1.